The van der Waals surface area contributed by atoms with E-state index in [1.807, 2.05) is 12.1 Å². The van der Waals surface area contributed by atoms with E-state index in [9.17, 15) is 27.6 Å². The number of carboxylic acid groups (broad SMARTS) is 1. The molecule has 0 radical (unpaired) electrons. The van der Waals surface area contributed by atoms with Gasteiger partial charge in [0.05, 0.1) is 0 Å². The number of carbonyl (C=O) groups excluding carboxylic acids is 3. The molecule has 3 aliphatic heterocycles. The first kappa shape index (κ1) is 26.5. The Morgan fingerprint density at radius 1 is 1.23 bits per heavy atom. The van der Waals surface area contributed by atoms with Crippen molar-refractivity contribution in [3.05, 3.63) is 29.3 Å². The van der Waals surface area contributed by atoms with Crippen molar-refractivity contribution in [2.45, 2.75) is 58.0 Å². The summed E-state index contributed by atoms with van der Waals surface area (Å²) in [4.78, 5) is 49.2. The van der Waals surface area contributed by atoms with Crippen LogP contribution in [-0.4, -0.2) is 76.6 Å². The molecule has 0 saturated carbocycles. The maximum Gasteiger partial charge on any atom is 0.490 e. The van der Waals surface area contributed by atoms with Gasteiger partial charge in [0.15, 0.2) is 0 Å². The van der Waals surface area contributed by atoms with Crippen LogP contribution in [0.5, 0.6) is 5.75 Å². The molecule has 3 aliphatic rings. The van der Waals surface area contributed by atoms with Gasteiger partial charge in [0.2, 0.25) is 11.8 Å². The fourth-order valence-electron chi connectivity index (χ4n) is 4.56. The average Bonchev–Trinajstić information content (AvgIpc) is 3.08. The van der Waals surface area contributed by atoms with Crippen molar-refractivity contribution < 1.29 is 42.2 Å². The molecule has 1 aromatic rings. The molecule has 0 aliphatic carbocycles. The Hall–Kier alpha value is -3.15. The number of nitrogens with one attached hydrogen (secondary N) is 1. The third kappa shape index (κ3) is 6.50. The van der Waals surface area contributed by atoms with Gasteiger partial charge in [-0.1, -0.05) is 13.8 Å². The molecule has 35 heavy (non-hydrogen) atoms. The molecule has 3 heterocycles. The molecule has 2 N–H and O–H groups in total. The first-order valence-corrected chi connectivity index (χ1v) is 11.4. The first-order chi connectivity index (χ1) is 16.4. The van der Waals surface area contributed by atoms with E-state index in [0.717, 1.165) is 37.4 Å². The van der Waals surface area contributed by atoms with Gasteiger partial charge >= 0.3 is 12.1 Å². The zero-order valence-corrected chi connectivity index (χ0v) is 19.4. The van der Waals surface area contributed by atoms with Crippen molar-refractivity contribution in [3.8, 4) is 5.75 Å². The second kappa shape index (κ2) is 10.6. The highest BCUT2D eigenvalue weighted by Gasteiger charge is 2.39. The van der Waals surface area contributed by atoms with Gasteiger partial charge in [-0.2, -0.15) is 13.2 Å². The number of benzene rings is 1. The zero-order chi connectivity index (χ0) is 25.9. The molecule has 192 valence electrons. The summed E-state index contributed by atoms with van der Waals surface area (Å²) in [6.45, 7) is 7.83. The van der Waals surface area contributed by atoms with E-state index in [4.69, 9.17) is 14.6 Å². The zero-order valence-electron chi connectivity index (χ0n) is 19.4. The molecule has 3 atom stereocenters. The summed E-state index contributed by atoms with van der Waals surface area (Å²) in [7, 11) is 0. The van der Waals surface area contributed by atoms with Crippen molar-refractivity contribution in [3.63, 3.8) is 0 Å². The average molecular weight is 499 g/mol. The number of aliphatic carboxylic acids is 1. The predicted molar refractivity (Wildman–Crippen MR) is 116 cm³/mol. The smallest absolute Gasteiger partial charge is 0.489 e. The minimum absolute atomic E-state index is 0.144. The van der Waals surface area contributed by atoms with E-state index < -0.39 is 18.2 Å². The Morgan fingerprint density at radius 3 is 2.51 bits per heavy atom. The highest BCUT2D eigenvalue weighted by molar-refractivity contribution is 6.05. The summed E-state index contributed by atoms with van der Waals surface area (Å²) in [6.07, 6.45) is -3.28. The molecule has 9 nitrogen and oxygen atoms in total. The standard InChI is InChI=1S/C21H27N3O4.C2HF3O2/c1-3-23-10-13(2)8-16(12-23)28-15-4-5-17-14(9-15)11-24(21(17)27)18-6-7-19(25)22-20(18)26;3-2(4,5)1(6)7/h4-5,9,13,16,18H,3,6-8,10-12H2,1-2H3,(H,22,25,26);(H,6,7)/t13-,16-,18?;/m1./s1. The van der Waals surface area contributed by atoms with Crippen molar-refractivity contribution in [2.75, 3.05) is 19.6 Å². The number of rotatable bonds is 4. The van der Waals surface area contributed by atoms with Crippen LogP contribution in [0, 0.1) is 5.92 Å². The van der Waals surface area contributed by atoms with Crippen molar-refractivity contribution in [2.24, 2.45) is 5.92 Å². The number of piperidine rings is 2. The van der Waals surface area contributed by atoms with E-state index >= 15 is 0 Å². The lowest BCUT2D eigenvalue weighted by Gasteiger charge is -2.35. The SMILES string of the molecule is CCN1C[C@H](C)C[C@@H](Oc2ccc3c(c2)CN(C2CCC(=O)NC2=O)C3=O)C1.O=C(O)C(F)(F)F. The molecule has 0 aromatic heterocycles. The van der Waals surface area contributed by atoms with Crippen LogP contribution in [0.4, 0.5) is 13.2 Å². The van der Waals surface area contributed by atoms with E-state index in [0.29, 0.717) is 24.4 Å². The van der Waals surface area contributed by atoms with Gasteiger partial charge in [-0.05, 0) is 49.1 Å². The Labute approximate surface area is 200 Å². The van der Waals surface area contributed by atoms with Crippen LogP contribution in [0.2, 0.25) is 0 Å². The summed E-state index contributed by atoms with van der Waals surface area (Å²) in [6, 6.07) is 4.98. The number of nitrogens with zero attached hydrogens (tertiary/aromatic N) is 2. The van der Waals surface area contributed by atoms with Gasteiger partial charge in [-0.15, -0.1) is 0 Å². The number of ether oxygens (including phenoxy) is 1. The van der Waals surface area contributed by atoms with Crippen LogP contribution in [0.3, 0.4) is 0 Å². The Morgan fingerprint density at radius 2 is 1.91 bits per heavy atom. The third-order valence-corrected chi connectivity index (χ3v) is 6.18. The molecule has 1 aromatic carbocycles. The molecule has 3 amide bonds. The number of likely N-dealkylation sites (N-methyl/N-ethyl adjacent to an activating group) is 1. The largest absolute Gasteiger partial charge is 0.490 e. The van der Waals surface area contributed by atoms with Crippen LogP contribution in [-0.2, 0) is 20.9 Å². The van der Waals surface area contributed by atoms with E-state index in [-0.39, 0.29) is 30.2 Å². The van der Waals surface area contributed by atoms with E-state index in [1.54, 1.807) is 11.0 Å². The van der Waals surface area contributed by atoms with E-state index in [2.05, 4.69) is 24.1 Å². The van der Waals surface area contributed by atoms with E-state index in [1.165, 1.54) is 0 Å². The summed E-state index contributed by atoms with van der Waals surface area (Å²) >= 11 is 0. The number of carboxylic acids is 1. The number of carbonyl (C=O) groups is 4. The monoisotopic (exact) mass is 499 g/mol. The third-order valence-electron chi connectivity index (χ3n) is 6.18. The first-order valence-electron chi connectivity index (χ1n) is 11.4. The summed E-state index contributed by atoms with van der Waals surface area (Å²) in [5.74, 6) is -2.20. The molecular formula is C23H28F3N3O6. The highest BCUT2D eigenvalue weighted by Crippen LogP contribution is 2.31. The highest BCUT2D eigenvalue weighted by atomic mass is 19.4. The second-order valence-corrected chi connectivity index (χ2v) is 8.95. The lowest BCUT2D eigenvalue weighted by molar-refractivity contribution is -0.192. The summed E-state index contributed by atoms with van der Waals surface area (Å²) in [5, 5.41) is 9.46. The topological polar surface area (TPSA) is 116 Å². The Bertz CT molecular complexity index is 999. The maximum atomic E-state index is 12.8. The predicted octanol–water partition coefficient (Wildman–Crippen LogP) is 2.19. The number of amides is 3. The van der Waals surface area contributed by atoms with Gasteiger partial charge in [0.1, 0.15) is 17.9 Å². The number of alkyl halides is 3. The van der Waals surface area contributed by atoms with Crippen LogP contribution in [0.15, 0.2) is 18.2 Å². The van der Waals surface area contributed by atoms with Crippen molar-refractivity contribution >= 4 is 23.7 Å². The fourth-order valence-corrected chi connectivity index (χ4v) is 4.56. The molecular weight excluding hydrogens is 471 g/mol. The minimum Gasteiger partial charge on any atom is -0.489 e. The number of likely N-dealkylation sites (tertiary alicyclic amines) is 1. The van der Waals surface area contributed by atoms with Gasteiger partial charge in [-0.3, -0.25) is 24.6 Å². The van der Waals surface area contributed by atoms with Gasteiger partial charge < -0.3 is 14.7 Å². The summed E-state index contributed by atoms with van der Waals surface area (Å²) < 4.78 is 38.0. The van der Waals surface area contributed by atoms with Crippen molar-refractivity contribution in [1.82, 2.24) is 15.1 Å². The van der Waals surface area contributed by atoms with Crippen LogP contribution >= 0.6 is 0 Å². The summed E-state index contributed by atoms with van der Waals surface area (Å²) in [5.41, 5.74) is 1.49. The lowest BCUT2D eigenvalue weighted by atomic mass is 9.98. The normalized spacial score (nSPS) is 24.9. The van der Waals surface area contributed by atoms with Gasteiger partial charge in [-0.25, -0.2) is 4.79 Å². The minimum atomic E-state index is -5.08. The number of hydrogen-bond acceptors (Lipinski definition) is 6. The molecule has 2 saturated heterocycles. The second-order valence-electron chi connectivity index (χ2n) is 8.95. The quantitative estimate of drug-likeness (QED) is 0.610. The van der Waals surface area contributed by atoms with Crippen LogP contribution in [0.1, 0.15) is 49.0 Å². The molecule has 2 fully saturated rings. The van der Waals surface area contributed by atoms with Crippen LogP contribution < -0.4 is 10.1 Å². The molecule has 12 heteroatoms. The molecule has 0 spiro atoms. The number of hydrogen-bond donors (Lipinski definition) is 2. The lowest BCUT2D eigenvalue weighted by Crippen LogP contribution is -2.52. The number of imide groups is 1. The Kier molecular flexibility index (Phi) is 8.04. The fraction of sp³-hybridized carbons (Fsp3) is 0.565. The number of fused-ring (bicyclic) bond motifs is 1. The number of halogens is 3. The maximum absolute atomic E-state index is 12.8. The molecule has 4 rings (SSSR count). The Balaban J connectivity index is 0.000000429. The van der Waals surface area contributed by atoms with Crippen LogP contribution in [0.25, 0.3) is 0 Å². The molecule has 0 bridgehead atoms. The van der Waals surface area contributed by atoms with Gasteiger partial charge in [0, 0.05) is 31.6 Å². The van der Waals surface area contributed by atoms with Crippen molar-refractivity contribution in [1.29, 1.82) is 0 Å². The van der Waals surface area contributed by atoms with Gasteiger partial charge in [0.25, 0.3) is 5.91 Å². The molecule has 1 unspecified atom stereocenters.